The van der Waals surface area contributed by atoms with Crippen molar-refractivity contribution in [3.63, 3.8) is 0 Å². The molecule has 3 nitrogen and oxygen atoms in total. The Morgan fingerprint density at radius 2 is 1.68 bits per heavy atom. The summed E-state index contributed by atoms with van der Waals surface area (Å²) in [5.74, 6) is 1.13. The van der Waals surface area contributed by atoms with Crippen LogP contribution < -0.4 is 0 Å². The molecule has 0 radical (unpaired) electrons. The SMILES string of the molecule is CC(C)(C)c1cc([C@@H]2SCC(=O)N2CCCBr)cc(C(C)(C)C)c1O. The first-order valence-corrected chi connectivity index (χ1v) is 11.0. The van der Waals surface area contributed by atoms with Crippen LogP contribution in [0, 0.1) is 0 Å². The quantitative estimate of drug-likeness (QED) is 0.658. The Morgan fingerprint density at radius 1 is 1.16 bits per heavy atom. The highest BCUT2D eigenvalue weighted by molar-refractivity contribution is 9.09. The van der Waals surface area contributed by atoms with Crippen molar-refractivity contribution in [1.82, 2.24) is 4.90 Å². The average molecular weight is 428 g/mol. The fourth-order valence-electron chi connectivity index (χ4n) is 3.14. The maximum absolute atomic E-state index is 12.3. The summed E-state index contributed by atoms with van der Waals surface area (Å²) in [5.41, 5.74) is 2.71. The molecule has 1 aromatic carbocycles. The molecule has 0 unspecified atom stereocenters. The maximum Gasteiger partial charge on any atom is 0.233 e. The predicted molar refractivity (Wildman–Crippen MR) is 111 cm³/mol. The van der Waals surface area contributed by atoms with E-state index in [0.29, 0.717) is 11.5 Å². The molecule has 1 atom stereocenters. The fourth-order valence-corrected chi connectivity index (χ4v) is 4.59. The lowest BCUT2D eigenvalue weighted by Crippen LogP contribution is -2.30. The minimum absolute atomic E-state index is 0.0364. The molecule has 1 fully saturated rings. The van der Waals surface area contributed by atoms with Gasteiger partial charge in [0.25, 0.3) is 0 Å². The van der Waals surface area contributed by atoms with Gasteiger partial charge in [-0.1, -0.05) is 57.5 Å². The van der Waals surface area contributed by atoms with E-state index in [1.807, 2.05) is 4.90 Å². The van der Waals surface area contributed by atoms with Gasteiger partial charge < -0.3 is 10.0 Å². The van der Waals surface area contributed by atoms with Gasteiger partial charge in [-0.25, -0.2) is 0 Å². The molecule has 2 rings (SSSR count). The second kappa shape index (κ2) is 7.51. The van der Waals surface area contributed by atoms with Gasteiger partial charge in [-0.15, -0.1) is 11.8 Å². The highest BCUT2D eigenvalue weighted by atomic mass is 79.9. The average Bonchev–Trinajstić information content (AvgIpc) is 2.84. The number of alkyl halides is 1. The standard InChI is InChI=1S/C20H30BrNO2S/c1-19(2,3)14-10-13(11-15(17(14)24)20(4,5)6)18-22(9-7-8-21)16(23)12-25-18/h10-11,18,24H,7-9,12H2,1-6H3/t18-/m0/s1. The normalized spacial score (nSPS) is 18.9. The van der Waals surface area contributed by atoms with Crippen molar-refractivity contribution in [2.75, 3.05) is 17.6 Å². The number of halogens is 1. The zero-order valence-electron chi connectivity index (χ0n) is 16.1. The molecule has 1 amide bonds. The monoisotopic (exact) mass is 427 g/mol. The Kier molecular flexibility index (Phi) is 6.20. The molecule has 25 heavy (non-hydrogen) atoms. The number of rotatable bonds is 4. The Hall–Kier alpha value is -0.680. The van der Waals surface area contributed by atoms with E-state index in [9.17, 15) is 9.90 Å². The Balaban J connectivity index is 2.55. The van der Waals surface area contributed by atoms with Crippen LogP contribution in [0.1, 0.15) is 70.0 Å². The molecule has 1 N–H and O–H groups in total. The van der Waals surface area contributed by atoms with Crippen LogP contribution in [-0.4, -0.2) is 33.5 Å². The van der Waals surface area contributed by atoms with E-state index in [2.05, 4.69) is 69.6 Å². The van der Waals surface area contributed by atoms with Crippen molar-refractivity contribution < 1.29 is 9.90 Å². The van der Waals surface area contributed by atoms with E-state index in [4.69, 9.17) is 0 Å². The van der Waals surface area contributed by atoms with Gasteiger partial charge in [-0.05, 0) is 46.1 Å². The minimum atomic E-state index is -0.159. The summed E-state index contributed by atoms with van der Waals surface area (Å²) in [6.07, 6.45) is 0.944. The second-order valence-corrected chi connectivity index (χ2v) is 10.6. The molecule has 1 saturated heterocycles. The molecule has 1 heterocycles. The molecule has 0 spiro atoms. The zero-order chi connectivity index (χ0) is 19.0. The van der Waals surface area contributed by atoms with Crippen molar-refractivity contribution in [2.45, 2.75) is 64.2 Å². The summed E-state index contributed by atoms with van der Waals surface area (Å²) in [4.78, 5) is 14.3. The summed E-state index contributed by atoms with van der Waals surface area (Å²) in [5, 5.41) is 11.8. The van der Waals surface area contributed by atoms with E-state index in [0.717, 1.165) is 35.0 Å². The summed E-state index contributed by atoms with van der Waals surface area (Å²) in [7, 11) is 0. The molecule has 0 aromatic heterocycles. The zero-order valence-corrected chi connectivity index (χ0v) is 18.6. The summed E-state index contributed by atoms with van der Waals surface area (Å²) < 4.78 is 0. The third-order valence-electron chi connectivity index (χ3n) is 4.53. The first-order valence-electron chi connectivity index (χ1n) is 8.81. The minimum Gasteiger partial charge on any atom is -0.507 e. The van der Waals surface area contributed by atoms with Gasteiger partial charge >= 0.3 is 0 Å². The smallest absolute Gasteiger partial charge is 0.233 e. The lowest BCUT2D eigenvalue weighted by molar-refractivity contribution is -0.128. The molecule has 140 valence electrons. The highest BCUT2D eigenvalue weighted by Gasteiger charge is 2.35. The first kappa shape index (κ1) is 20.6. The number of amides is 1. The molecule has 0 saturated carbocycles. The van der Waals surface area contributed by atoms with Crippen LogP contribution in [0.4, 0.5) is 0 Å². The largest absolute Gasteiger partial charge is 0.507 e. The summed E-state index contributed by atoms with van der Waals surface area (Å²) in [6.45, 7) is 13.5. The van der Waals surface area contributed by atoms with Crippen molar-refractivity contribution in [3.05, 3.63) is 28.8 Å². The van der Waals surface area contributed by atoms with E-state index in [1.54, 1.807) is 11.8 Å². The third kappa shape index (κ3) is 4.54. The lowest BCUT2D eigenvalue weighted by Gasteiger charge is -2.31. The summed E-state index contributed by atoms with van der Waals surface area (Å²) >= 11 is 5.15. The number of phenols is 1. The van der Waals surface area contributed by atoms with Crippen LogP contribution in [0.2, 0.25) is 0 Å². The molecule has 5 heteroatoms. The Bertz CT molecular complexity index is 611. The second-order valence-electron chi connectivity index (χ2n) is 8.76. The van der Waals surface area contributed by atoms with Crippen LogP contribution in [0.15, 0.2) is 12.1 Å². The van der Waals surface area contributed by atoms with Gasteiger partial charge in [0.05, 0.1) is 5.75 Å². The number of hydrogen-bond donors (Lipinski definition) is 1. The molecule has 1 aliphatic heterocycles. The van der Waals surface area contributed by atoms with Crippen LogP contribution in [0.5, 0.6) is 5.75 Å². The number of benzene rings is 1. The van der Waals surface area contributed by atoms with Crippen LogP contribution in [0.3, 0.4) is 0 Å². The van der Waals surface area contributed by atoms with Crippen LogP contribution >= 0.6 is 27.7 Å². The van der Waals surface area contributed by atoms with E-state index < -0.39 is 0 Å². The van der Waals surface area contributed by atoms with E-state index >= 15 is 0 Å². The van der Waals surface area contributed by atoms with Gasteiger partial charge in [0.2, 0.25) is 5.91 Å². The first-order chi connectivity index (χ1) is 11.5. The van der Waals surface area contributed by atoms with E-state index in [-0.39, 0.29) is 22.1 Å². The molecular formula is C20H30BrNO2S. The van der Waals surface area contributed by atoms with Gasteiger partial charge in [0.15, 0.2) is 0 Å². The topological polar surface area (TPSA) is 40.5 Å². The Morgan fingerprint density at radius 3 is 2.12 bits per heavy atom. The van der Waals surface area contributed by atoms with E-state index in [1.165, 1.54) is 0 Å². The van der Waals surface area contributed by atoms with Crippen molar-refractivity contribution in [3.8, 4) is 5.75 Å². The van der Waals surface area contributed by atoms with Crippen LogP contribution in [-0.2, 0) is 15.6 Å². The predicted octanol–water partition coefficient (Wildman–Crippen LogP) is 5.35. The number of thioether (sulfide) groups is 1. The van der Waals surface area contributed by atoms with Gasteiger partial charge in [-0.3, -0.25) is 4.79 Å². The van der Waals surface area contributed by atoms with Crippen molar-refractivity contribution in [1.29, 1.82) is 0 Å². The van der Waals surface area contributed by atoms with Gasteiger partial charge in [0.1, 0.15) is 11.1 Å². The molecule has 1 aliphatic rings. The van der Waals surface area contributed by atoms with Crippen LogP contribution in [0.25, 0.3) is 0 Å². The number of phenolic OH excluding ortho intramolecular Hbond substituents is 1. The summed E-state index contributed by atoms with van der Waals surface area (Å²) in [6, 6.07) is 4.20. The molecule has 0 bridgehead atoms. The van der Waals surface area contributed by atoms with Crippen molar-refractivity contribution >= 4 is 33.6 Å². The highest BCUT2D eigenvalue weighted by Crippen LogP contribution is 2.45. The number of aromatic hydroxyl groups is 1. The maximum atomic E-state index is 12.3. The number of nitrogens with zero attached hydrogens (tertiary/aromatic N) is 1. The van der Waals surface area contributed by atoms with Gasteiger partial charge in [0, 0.05) is 11.9 Å². The third-order valence-corrected chi connectivity index (χ3v) is 6.35. The molecule has 0 aliphatic carbocycles. The number of carbonyl (C=O) groups excluding carboxylic acids is 1. The molecular weight excluding hydrogens is 398 g/mol. The number of hydrogen-bond acceptors (Lipinski definition) is 3. The number of carbonyl (C=O) groups is 1. The fraction of sp³-hybridized carbons (Fsp3) is 0.650. The molecule has 1 aromatic rings. The van der Waals surface area contributed by atoms with Crippen molar-refractivity contribution in [2.24, 2.45) is 0 Å². The van der Waals surface area contributed by atoms with Gasteiger partial charge in [-0.2, -0.15) is 0 Å². The lowest BCUT2D eigenvalue weighted by atomic mass is 9.78. The Labute approximate surface area is 164 Å².